The first-order valence-electron chi connectivity index (χ1n) is 7.11. The van der Waals surface area contributed by atoms with E-state index in [4.69, 9.17) is 4.74 Å². The quantitative estimate of drug-likeness (QED) is 0.525. The highest BCUT2D eigenvalue weighted by Crippen LogP contribution is 2.26. The van der Waals surface area contributed by atoms with E-state index in [0.717, 1.165) is 14.5 Å². The Kier molecular flexibility index (Phi) is 6.39. The molecule has 2 aromatic rings. The average molecular weight is 456 g/mol. The maximum atomic E-state index is 12.0. The van der Waals surface area contributed by atoms with Crippen molar-refractivity contribution < 1.29 is 14.6 Å². The second kappa shape index (κ2) is 8.30. The fourth-order valence-corrected chi connectivity index (χ4v) is 2.80. The lowest BCUT2D eigenvalue weighted by molar-refractivity contribution is -0.127. The van der Waals surface area contributed by atoms with E-state index in [0.29, 0.717) is 11.3 Å². The minimum absolute atomic E-state index is 0.0732. The standard InChI is InChI=1S/C17H16Br2N2O3/c1-10-3-6-16(14(19)7-10)24-11(2)17(23)21-20-9-12-8-13(18)4-5-15(12)22/h3-9,11,22H,1-2H3,(H,21,23)/b20-9+/t11-/m0/s1. The van der Waals surface area contributed by atoms with E-state index >= 15 is 0 Å². The summed E-state index contributed by atoms with van der Waals surface area (Å²) in [6, 6.07) is 10.5. The number of benzene rings is 2. The number of phenols is 1. The number of hydrogen-bond acceptors (Lipinski definition) is 4. The molecule has 0 spiro atoms. The Morgan fingerprint density at radius 2 is 2.04 bits per heavy atom. The first-order chi connectivity index (χ1) is 11.4. The van der Waals surface area contributed by atoms with Crippen molar-refractivity contribution >= 4 is 44.0 Å². The molecular weight excluding hydrogens is 440 g/mol. The highest BCUT2D eigenvalue weighted by Gasteiger charge is 2.15. The van der Waals surface area contributed by atoms with Crippen LogP contribution in [0.1, 0.15) is 18.1 Å². The van der Waals surface area contributed by atoms with Crippen molar-refractivity contribution in [2.75, 3.05) is 0 Å². The number of aryl methyl sites for hydroxylation is 1. The van der Waals surface area contributed by atoms with Gasteiger partial charge in [0, 0.05) is 10.0 Å². The Morgan fingerprint density at radius 3 is 2.75 bits per heavy atom. The van der Waals surface area contributed by atoms with Crippen LogP contribution < -0.4 is 10.2 Å². The normalized spacial score (nSPS) is 12.2. The number of hydrogen-bond donors (Lipinski definition) is 2. The first-order valence-corrected chi connectivity index (χ1v) is 8.69. The molecule has 0 aliphatic carbocycles. The van der Waals surface area contributed by atoms with Crippen LogP contribution >= 0.6 is 31.9 Å². The Labute approximate surface area is 157 Å². The van der Waals surface area contributed by atoms with Gasteiger partial charge in [-0.05, 0) is 65.7 Å². The molecule has 0 heterocycles. The van der Waals surface area contributed by atoms with Crippen LogP contribution in [0.3, 0.4) is 0 Å². The van der Waals surface area contributed by atoms with Crippen LogP contribution in [0.2, 0.25) is 0 Å². The van der Waals surface area contributed by atoms with Crippen molar-refractivity contribution in [1.29, 1.82) is 0 Å². The number of carbonyl (C=O) groups is 1. The first kappa shape index (κ1) is 18.5. The molecule has 2 N–H and O–H groups in total. The summed E-state index contributed by atoms with van der Waals surface area (Å²) in [6.07, 6.45) is 0.643. The maximum Gasteiger partial charge on any atom is 0.280 e. The van der Waals surface area contributed by atoms with Gasteiger partial charge in [-0.3, -0.25) is 4.79 Å². The fourth-order valence-electron chi connectivity index (χ4n) is 1.83. The van der Waals surface area contributed by atoms with Gasteiger partial charge in [0.1, 0.15) is 11.5 Å². The highest BCUT2D eigenvalue weighted by atomic mass is 79.9. The van der Waals surface area contributed by atoms with E-state index in [2.05, 4.69) is 42.4 Å². The van der Waals surface area contributed by atoms with Crippen molar-refractivity contribution in [1.82, 2.24) is 5.43 Å². The molecule has 1 amide bonds. The van der Waals surface area contributed by atoms with Gasteiger partial charge in [-0.2, -0.15) is 5.10 Å². The minimum atomic E-state index is -0.725. The van der Waals surface area contributed by atoms with Crippen LogP contribution in [-0.4, -0.2) is 23.3 Å². The summed E-state index contributed by atoms with van der Waals surface area (Å²) in [7, 11) is 0. The molecule has 0 aliphatic heterocycles. The van der Waals surface area contributed by atoms with Crippen molar-refractivity contribution in [3.05, 3.63) is 56.5 Å². The molecule has 0 saturated carbocycles. The number of carbonyl (C=O) groups excluding carboxylic acids is 1. The van der Waals surface area contributed by atoms with Gasteiger partial charge in [0.15, 0.2) is 6.10 Å². The van der Waals surface area contributed by atoms with Crippen molar-refractivity contribution in [2.45, 2.75) is 20.0 Å². The molecule has 0 fully saturated rings. The zero-order chi connectivity index (χ0) is 17.7. The van der Waals surface area contributed by atoms with Crippen LogP contribution in [0.25, 0.3) is 0 Å². The molecule has 0 unspecified atom stereocenters. The number of nitrogens with zero attached hydrogens (tertiary/aromatic N) is 1. The third-order valence-electron chi connectivity index (χ3n) is 3.13. The minimum Gasteiger partial charge on any atom is -0.507 e. The fraction of sp³-hybridized carbons (Fsp3) is 0.176. The van der Waals surface area contributed by atoms with Gasteiger partial charge in [0.2, 0.25) is 0 Å². The van der Waals surface area contributed by atoms with Gasteiger partial charge in [0.05, 0.1) is 10.7 Å². The predicted molar refractivity (Wildman–Crippen MR) is 101 cm³/mol. The summed E-state index contributed by atoms with van der Waals surface area (Å²) >= 11 is 6.71. The largest absolute Gasteiger partial charge is 0.507 e. The van der Waals surface area contributed by atoms with E-state index in [1.807, 2.05) is 19.1 Å². The lowest BCUT2D eigenvalue weighted by atomic mass is 10.2. The molecular formula is C17H16Br2N2O3. The monoisotopic (exact) mass is 454 g/mol. The van der Waals surface area contributed by atoms with Crippen LogP contribution in [0.5, 0.6) is 11.5 Å². The van der Waals surface area contributed by atoms with Gasteiger partial charge in [-0.1, -0.05) is 22.0 Å². The number of ether oxygens (including phenoxy) is 1. The third-order valence-corrected chi connectivity index (χ3v) is 4.24. The Bertz CT molecular complexity index is 778. The van der Waals surface area contributed by atoms with Crippen molar-refractivity contribution in [3.63, 3.8) is 0 Å². The van der Waals surface area contributed by atoms with Crippen LogP contribution in [-0.2, 0) is 4.79 Å². The average Bonchev–Trinajstić information content (AvgIpc) is 2.53. The molecule has 0 saturated heterocycles. The van der Waals surface area contributed by atoms with E-state index in [1.54, 1.807) is 25.1 Å². The number of amides is 1. The molecule has 24 heavy (non-hydrogen) atoms. The summed E-state index contributed by atoms with van der Waals surface area (Å²) in [5.74, 6) is 0.258. The number of halogens is 2. The van der Waals surface area contributed by atoms with Gasteiger partial charge < -0.3 is 9.84 Å². The van der Waals surface area contributed by atoms with Gasteiger partial charge in [0.25, 0.3) is 5.91 Å². The summed E-state index contributed by atoms with van der Waals surface area (Å²) in [4.78, 5) is 12.0. The number of phenolic OH excluding ortho intramolecular Hbond substituents is 1. The molecule has 126 valence electrons. The van der Waals surface area contributed by atoms with Crippen LogP contribution in [0, 0.1) is 6.92 Å². The predicted octanol–water partition coefficient (Wildman–Crippen LogP) is 4.14. The molecule has 5 nitrogen and oxygen atoms in total. The van der Waals surface area contributed by atoms with Crippen molar-refractivity contribution in [2.24, 2.45) is 5.10 Å². The molecule has 1 atom stereocenters. The van der Waals surface area contributed by atoms with Gasteiger partial charge in [-0.25, -0.2) is 5.43 Å². The summed E-state index contributed by atoms with van der Waals surface area (Å²) in [5, 5.41) is 13.5. The van der Waals surface area contributed by atoms with Crippen LogP contribution in [0.4, 0.5) is 0 Å². The zero-order valence-corrected chi connectivity index (χ0v) is 16.3. The number of hydrazone groups is 1. The lowest BCUT2D eigenvalue weighted by Gasteiger charge is -2.14. The van der Waals surface area contributed by atoms with E-state index in [9.17, 15) is 9.90 Å². The molecule has 2 rings (SSSR count). The zero-order valence-electron chi connectivity index (χ0n) is 13.1. The van der Waals surface area contributed by atoms with Crippen molar-refractivity contribution in [3.8, 4) is 11.5 Å². The Morgan fingerprint density at radius 1 is 1.29 bits per heavy atom. The van der Waals surface area contributed by atoms with E-state index in [-0.39, 0.29) is 5.75 Å². The smallest absolute Gasteiger partial charge is 0.280 e. The summed E-state index contributed by atoms with van der Waals surface area (Å²) < 4.78 is 7.20. The number of rotatable bonds is 5. The molecule has 2 aromatic carbocycles. The van der Waals surface area contributed by atoms with E-state index in [1.165, 1.54) is 12.3 Å². The molecule has 7 heteroatoms. The topological polar surface area (TPSA) is 70.9 Å². The Balaban J connectivity index is 1.96. The molecule has 0 aliphatic rings. The van der Waals surface area contributed by atoms with Crippen LogP contribution in [0.15, 0.2) is 50.4 Å². The molecule has 0 bridgehead atoms. The lowest BCUT2D eigenvalue weighted by Crippen LogP contribution is -2.33. The maximum absolute atomic E-state index is 12.0. The van der Waals surface area contributed by atoms with E-state index < -0.39 is 12.0 Å². The number of aromatic hydroxyl groups is 1. The number of nitrogens with one attached hydrogen (secondary N) is 1. The van der Waals surface area contributed by atoms with Gasteiger partial charge in [-0.15, -0.1) is 0 Å². The molecule has 0 radical (unpaired) electrons. The summed E-state index contributed by atoms with van der Waals surface area (Å²) in [5.41, 5.74) is 3.97. The van der Waals surface area contributed by atoms with Gasteiger partial charge >= 0.3 is 0 Å². The summed E-state index contributed by atoms with van der Waals surface area (Å²) in [6.45, 7) is 3.60. The second-order valence-electron chi connectivity index (χ2n) is 5.13. The SMILES string of the molecule is Cc1ccc(O[C@@H](C)C(=O)N/N=C/c2cc(Br)ccc2O)c(Br)c1. The Hall–Kier alpha value is -1.86. The molecule has 0 aromatic heterocycles. The highest BCUT2D eigenvalue weighted by molar-refractivity contribution is 9.10. The third kappa shape index (κ3) is 5.07. The second-order valence-corrected chi connectivity index (χ2v) is 6.90.